The van der Waals surface area contributed by atoms with Gasteiger partial charge in [0.15, 0.2) is 9.84 Å². The van der Waals surface area contributed by atoms with Gasteiger partial charge in [-0.15, -0.1) is 0 Å². The third kappa shape index (κ3) is 6.59. The number of carbonyl (C=O) groups is 1. The summed E-state index contributed by atoms with van der Waals surface area (Å²) in [5, 5.41) is 4.93. The Balaban J connectivity index is 1.74. The molecule has 146 valence electrons. The minimum atomic E-state index is -4.44. The van der Waals surface area contributed by atoms with Gasteiger partial charge in [0.1, 0.15) is 0 Å². The van der Waals surface area contributed by atoms with Gasteiger partial charge in [0.2, 0.25) is 0 Å². The lowest BCUT2D eigenvalue weighted by Gasteiger charge is -2.10. The highest BCUT2D eigenvalue weighted by atomic mass is 32.2. The van der Waals surface area contributed by atoms with Gasteiger partial charge in [0.25, 0.3) is 0 Å². The van der Waals surface area contributed by atoms with Crippen molar-refractivity contribution in [2.45, 2.75) is 24.0 Å². The Labute approximate surface area is 155 Å². The molecule has 0 atom stereocenters. The van der Waals surface area contributed by atoms with Crippen LogP contribution in [0, 0.1) is 0 Å². The molecule has 5 nitrogen and oxygen atoms in total. The number of hydrogen-bond donors (Lipinski definition) is 2. The van der Waals surface area contributed by atoms with Gasteiger partial charge < -0.3 is 10.6 Å². The number of amides is 2. The maximum Gasteiger partial charge on any atom is 0.416 e. The van der Waals surface area contributed by atoms with E-state index in [-0.39, 0.29) is 30.2 Å². The number of halogens is 3. The molecule has 2 N–H and O–H groups in total. The molecule has 0 aromatic heterocycles. The van der Waals surface area contributed by atoms with Gasteiger partial charge in [0, 0.05) is 13.1 Å². The Bertz CT molecular complexity index is 869. The van der Waals surface area contributed by atoms with Crippen LogP contribution in [0.1, 0.15) is 17.5 Å². The first-order valence-corrected chi connectivity index (χ1v) is 9.79. The predicted octanol–water partition coefficient (Wildman–Crippen LogP) is 3.37. The molecule has 0 aliphatic heterocycles. The smallest absolute Gasteiger partial charge is 0.338 e. The second-order valence-electron chi connectivity index (χ2n) is 5.79. The highest BCUT2D eigenvalue weighted by Gasteiger charge is 2.30. The number of rotatable bonds is 7. The van der Waals surface area contributed by atoms with Crippen LogP contribution in [0.3, 0.4) is 0 Å². The minimum Gasteiger partial charge on any atom is -0.338 e. The second kappa shape index (κ2) is 8.90. The van der Waals surface area contributed by atoms with E-state index in [4.69, 9.17) is 0 Å². The van der Waals surface area contributed by atoms with Gasteiger partial charge in [-0.1, -0.05) is 30.3 Å². The number of urea groups is 1. The number of hydrogen-bond acceptors (Lipinski definition) is 3. The van der Waals surface area contributed by atoms with Crippen molar-refractivity contribution in [2.75, 3.05) is 12.3 Å². The highest BCUT2D eigenvalue weighted by Crippen LogP contribution is 2.29. The van der Waals surface area contributed by atoms with E-state index in [1.54, 1.807) is 18.2 Å². The fourth-order valence-corrected chi connectivity index (χ4v) is 3.64. The van der Waals surface area contributed by atoms with E-state index in [2.05, 4.69) is 10.6 Å². The van der Waals surface area contributed by atoms with E-state index in [0.29, 0.717) is 5.56 Å². The summed E-state index contributed by atoms with van der Waals surface area (Å²) in [6, 6.07) is 12.1. The van der Waals surface area contributed by atoms with Crippen LogP contribution in [0.25, 0.3) is 0 Å². The molecule has 0 aliphatic carbocycles. The van der Waals surface area contributed by atoms with Crippen LogP contribution in [0.5, 0.6) is 0 Å². The monoisotopic (exact) mass is 400 g/mol. The maximum absolute atomic E-state index is 12.6. The normalized spacial score (nSPS) is 11.8. The molecule has 0 aliphatic rings. The summed E-state index contributed by atoms with van der Waals surface area (Å²) in [5.41, 5.74) is -0.472. The Morgan fingerprint density at radius 1 is 0.963 bits per heavy atom. The first-order chi connectivity index (χ1) is 12.7. The third-order valence-electron chi connectivity index (χ3n) is 3.69. The van der Waals surface area contributed by atoms with Crippen molar-refractivity contribution in [1.29, 1.82) is 0 Å². The topological polar surface area (TPSA) is 75.3 Å². The molecule has 0 spiro atoms. The van der Waals surface area contributed by atoms with Gasteiger partial charge in [-0.3, -0.25) is 0 Å². The van der Waals surface area contributed by atoms with Gasteiger partial charge >= 0.3 is 12.2 Å². The standard InChI is InChI=1S/C18H19F3N2O3S/c19-18(20,21)15-7-4-6-14(12-15)13-23-17(24)22-10-5-11-27(25,26)16-8-2-1-3-9-16/h1-4,6-9,12H,5,10-11,13H2,(H2,22,23,24). The molecule has 0 saturated carbocycles. The van der Waals surface area contributed by atoms with Crippen molar-refractivity contribution < 1.29 is 26.4 Å². The Morgan fingerprint density at radius 3 is 2.33 bits per heavy atom. The van der Waals surface area contributed by atoms with Crippen LogP contribution in [-0.4, -0.2) is 26.7 Å². The number of sulfone groups is 1. The summed E-state index contributed by atoms with van der Waals surface area (Å²) in [6.07, 6.45) is -4.23. The van der Waals surface area contributed by atoms with Crippen molar-refractivity contribution >= 4 is 15.9 Å². The van der Waals surface area contributed by atoms with E-state index >= 15 is 0 Å². The maximum atomic E-state index is 12.6. The Morgan fingerprint density at radius 2 is 1.67 bits per heavy atom. The van der Waals surface area contributed by atoms with Crippen molar-refractivity contribution in [1.82, 2.24) is 10.6 Å². The zero-order valence-corrected chi connectivity index (χ0v) is 15.1. The third-order valence-corrected chi connectivity index (χ3v) is 5.50. The van der Waals surface area contributed by atoms with Crippen molar-refractivity contribution in [2.24, 2.45) is 0 Å². The van der Waals surface area contributed by atoms with Gasteiger partial charge in [-0.25, -0.2) is 13.2 Å². The average Bonchev–Trinajstić information content (AvgIpc) is 2.64. The zero-order chi connectivity index (χ0) is 19.9. The van der Waals surface area contributed by atoms with E-state index in [0.717, 1.165) is 12.1 Å². The van der Waals surface area contributed by atoms with E-state index in [1.165, 1.54) is 24.3 Å². The second-order valence-corrected chi connectivity index (χ2v) is 7.90. The summed E-state index contributed by atoms with van der Waals surface area (Å²) in [6.45, 7) is 0.0541. The van der Waals surface area contributed by atoms with Crippen LogP contribution in [0.4, 0.5) is 18.0 Å². The summed E-state index contributed by atoms with van der Waals surface area (Å²) in [4.78, 5) is 11.9. The van der Waals surface area contributed by atoms with E-state index in [1.807, 2.05) is 0 Å². The largest absolute Gasteiger partial charge is 0.416 e. The zero-order valence-electron chi connectivity index (χ0n) is 14.3. The lowest BCUT2D eigenvalue weighted by atomic mass is 10.1. The van der Waals surface area contributed by atoms with Crippen LogP contribution in [-0.2, 0) is 22.6 Å². The molecule has 0 unspecified atom stereocenters. The first-order valence-electron chi connectivity index (χ1n) is 8.14. The molecule has 9 heteroatoms. The number of nitrogens with one attached hydrogen (secondary N) is 2. The van der Waals surface area contributed by atoms with Crippen LogP contribution < -0.4 is 10.6 Å². The Hall–Kier alpha value is -2.55. The summed E-state index contributed by atoms with van der Waals surface area (Å²) in [7, 11) is -3.41. The van der Waals surface area contributed by atoms with Crippen molar-refractivity contribution in [3.05, 3.63) is 65.7 Å². The molecule has 2 aromatic rings. The molecule has 27 heavy (non-hydrogen) atoms. The summed E-state index contributed by atoms with van der Waals surface area (Å²) < 4.78 is 62.1. The molecular formula is C18H19F3N2O3S. The number of alkyl halides is 3. The summed E-state index contributed by atoms with van der Waals surface area (Å²) in [5.74, 6) is -0.120. The lowest BCUT2D eigenvalue weighted by Crippen LogP contribution is -2.36. The molecule has 0 saturated heterocycles. The number of benzene rings is 2. The first kappa shape index (κ1) is 20.8. The van der Waals surface area contributed by atoms with Crippen LogP contribution in [0.15, 0.2) is 59.5 Å². The van der Waals surface area contributed by atoms with Crippen LogP contribution >= 0.6 is 0 Å². The molecule has 0 heterocycles. The van der Waals surface area contributed by atoms with Crippen LogP contribution in [0.2, 0.25) is 0 Å². The molecule has 2 amide bonds. The predicted molar refractivity (Wildman–Crippen MR) is 94.8 cm³/mol. The quantitative estimate of drug-likeness (QED) is 0.700. The fraction of sp³-hybridized carbons (Fsp3) is 0.278. The molecule has 2 aromatic carbocycles. The number of carbonyl (C=O) groups excluding carboxylic acids is 1. The SMILES string of the molecule is O=C(NCCCS(=O)(=O)c1ccccc1)NCc1cccc(C(F)(F)F)c1. The van der Waals surface area contributed by atoms with Gasteiger partial charge in [-0.2, -0.15) is 13.2 Å². The summed E-state index contributed by atoms with van der Waals surface area (Å²) >= 11 is 0. The Kier molecular flexibility index (Phi) is 6.84. The van der Waals surface area contributed by atoms with Gasteiger partial charge in [0.05, 0.1) is 16.2 Å². The van der Waals surface area contributed by atoms with E-state index in [9.17, 15) is 26.4 Å². The molecule has 0 bridgehead atoms. The lowest BCUT2D eigenvalue weighted by molar-refractivity contribution is -0.137. The van der Waals surface area contributed by atoms with E-state index < -0.39 is 27.6 Å². The van der Waals surface area contributed by atoms with Crippen molar-refractivity contribution in [3.63, 3.8) is 0 Å². The minimum absolute atomic E-state index is 0.0714. The molecule has 2 rings (SSSR count). The van der Waals surface area contributed by atoms with Gasteiger partial charge in [-0.05, 0) is 36.2 Å². The molecule has 0 fully saturated rings. The molecular weight excluding hydrogens is 381 g/mol. The van der Waals surface area contributed by atoms with Crippen molar-refractivity contribution in [3.8, 4) is 0 Å². The average molecular weight is 400 g/mol. The highest BCUT2D eigenvalue weighted by molar-refractivity contribution is 7.91. The fourth-order valence-electron chi connectivity index (χ4n) is 2.31. The molecule has 0 radical (unpaired) electrons.